The molecule has 1 amide bonds. The molecule has 10 heteroatoms. The Morgan fingerprint density at radius 1 is 1.07 bits per heavy atom. The van der Waals surface area contributed by atoms with Crippen LogP contribution >= 0.6 is 0 Å². The van der Waals surface area contributed by atoms with Gasteiger partial charge in [0.05, 0.1) is 17.4 Å². The van der Waals surface area contributed by atoms with Crippen LogP contribution in [0.3, 0.4) is 0 Å². The Bertz CT molecular complexity index is 1360. The van der Waals surface area contributed by atoms with E-state index in [1.165, 1.54) is 24.3 Å². The zero-order valence-electron chi connectivity index (χ0n) is 16.1. The summed E-state index contributed by atoms with van der Waals surface area (Å²) in [7, 11) is -3.96. The van der Waals surface area contributed by atoms with Gasteiger partial charge in [-0.05, 0) is 56.3 Å². The topological polar surface area (TPSA) is 120 Å². The maximum atomic E-state index is 13.0. The van der Waals surface area contributed by atoms with E-state index >= 15 is 0 Å². The first-order chi connectivity index (χ1) is 14.2. The maximum Gasteiger partial charge on any atom is 0.272 e. The SMILES string of the molecule is Cc1[nH]c(C(=O)Nc2ccc(F)cc2)c(C)c1S(=O)(=O)Nc1ccc2cn[nH]c2c1. The Hall–Kier alpha value is -3.66. The highest BCUT2D eigenvalue weighted by Crippen LogP contribution is 2.27. The summed E-state index contributed by atoms with van der Waals surface area (Å²) in [5.74, 6) is -0.949. The minimum absolute atomic E-state index is 0.00327. The van der Waals surface area contributed by atoms with Gasteiger partial charge in [-0.2, -0.15) is 5.10 Å². The lowest BCUT2D eigenvalue weighted by Gasteiger charge is -2.09. The number of hydrogen-bond acceptors (Lipinski definition) is 4. The summed E-state index contributed by atoms with van der Waals surface area (Å²) in [6.07, 6.45) is 1.64. The number of aromatic nitrogens is 3. The zero-order chi connectivity index (χ0) is 21.5. The molecular weight excluding hydrogens is 409 g/mol. The van der Waals surface area contributed by atoms with Crippen molar-refractivity contribution < 1.29 is 17.6 Å². The van der Waals surface area contributed by atoms with Gasteiger partial charge in [-0.25, -0.2) is 12.8 Å². The second-order valence-electron chi connectivity index (χ2n) is 6.82. The zero-order valence-corrected chi connectivity index (χ0v) is 16.9. The van der Waals surface area contributed by atoms with Crippen LogP contribution in [0.25, 0.3) is 10.9 Å². The molecule has 0 saturated heterocycles. The molecule has 30 heavy (non-hydrogen) atoms. The Labute approximate surface area is 171 Å². The highest BCUT2D eigenvalue weighted by atomic mass is 32.2. The van der Waals surface area contributed by atoms with Gasteiger partial charge in [-0.1, -0.05) is 0 Å². The van der Waals surface area contributed by atoms with E-state index in [0.717, 1.165) is 5.39 Å². The number of anilines is 2. The summed E-state index contributed by atoms with van der Waals surface area (Å²) in [6, 6.07) is 10.3. The van der Waals surface area contributed by atoms with Gasteiger partial charge in [-0.15, -0.1) is 0 Å². The van der Waals surface area contributed by atoms with Crippen LogP contribution in [0, 0.1) is 19.7 Å². The van der Waals surface area contributed by atoms with E-state index in [2.05, 4.69) is 25.2 Å². The van der Waals surface area contributed by atoms with Gasteiger partial charge in [0.1, 0.15) is 16.4 Å². The Morgan fingerprint density at radius 2 is 1.77 bits per heavy atom. The van der Waals surface area contributed by atoms with Crippen LogP contribution < -0.4 is 10.0 Å². The molecule has 0 aliphatic carbocycles. The number of carbonyl (C=O) groups is 1. The number of halogens is 1. The third kappa shape index (κ3) is 3.64. The quantitative estimate of drug-likeness (QED) is 0.388. The van der Waals surface area contributed by atoms with Crippen LogP contribution in [-0.2, 0) is 10.0 Å². The molecule has 8 nitrogen and oxygen atoms in total. The minimum Gasteiger partial charge on any atom is -0.353 e. The molecule has 0 spiro atoms. The van der Waals surface area contributed by atoms with Crippen LogP contribution in [0.4, 0.5) is 15.8 Å². The number of nitrogens with one attached hydrogen (secondary N) is 4. The number of fused-ring (bicyclic) bond motifs is 1. The average molecular weight is 427 g/mol. The third-order valence-electron chi connectivity index (χ3n) is 4.66. The molecule has 0 aliphatic heterocycles. The smallest absolute Gasteiger partial charge is 0.272 e. The number of carbonyl (C=O) groups excluding carboxylic acids is 1. The molecule has 0 atom stereocenters. The summed E-state index contributed by atoms with van der Waals surface area (Å²) >= 11 is 0. The highest BCUT2D eigenvalue weighted by Gasteiger charge is 2.27. The third-order valence-corrected chi connectivity index (χ3v) is 6.31. The van der Waals surface area contributed by atoms with Crippen molar-refractivity contribution in [3.05, 3.63) is 71.4 Å². The fourth-order valence-electron chi connectivity index (χ4n) is 3.30. The second kappa shape index (κ2) is 7.30. The minimum atomic E-state index is -3.96. The lowest BCUT2D eigenvalue weighted by Crippen LogP contribution is -2.16. The normalized spacial score (nSPS) is 11.6. The lowest BCUT2D eigenvalue weighted by atomic mass is 10.2. The molecule has 4 N–H and O–H groups in total. The van der Waals surface area contributed by atoms with E-state index in [9.17, 15) is 17.6 Å². The van der Waals surface area contributed by atoms with Crippen molar-refractivity contribution in [3.63, 3.8) is 0 Å². The van der Waals surface area contributed by atoms with Crippen molar-refractivity contribution in [3.8, 4) is 0 Å². The molecule has 2 aromatic heterocycles. The molecule has 0 bridgehead atoms. The molecule has 154 valence electrons. The number of sulfonamides is 1. The van der Waals surface area contributed by atoms with Crippen LogP contribution in [0.1, 0.15) is 21.7 Å². The number of amides is 1. The Morgan fingerprint density at radius 3 is 2.50 bits per heavy atom. The van der Waals surface area contributed by atoms with Crippen LogP contribution in [-0.4, -0.2) is 29.5 Å². The molecular formula is C20H18FN5O3S. The fourth-order valence-corrected chi connectivity index (χ4v) is 4.80. The second-order valence-corrected chi connectivity index (χ2v) is 8.44. The van der Waals surface area contributed by atoms with Crippen LogP contribution in [0.2, 0.25) is 0 Å². The van der Waals surface area contributed by atoms with Gasteiger partial charge in [0.2, 0.25) is 0 Å². The van der Waals surface area contributed by atoms with Gasteiger partial charge in [0, 0.05) is 22.3 Å². The molecule has 2 heterocycles. The predicted octanol–water partition coefficient (Wildman–Crippen LogP) is 3.70. The van der Waals surface area contributed by atoms with E-state index < -0.39 is 21.7 Å². The van der Waals surface area contributed by atoms with Crippen molar-refractivity contribution >= 4 is 38.2 Å². The van der Waals surface area contributed by atoms with Gasteiger partial charge >= 0.3 is 0 Å². The van der Waals surface area contributed by atoms with Crippen molar-refractivity contribution in [2.24, 2.45) is 0 Å². The summed E-state index contributed by atoms with van der Waals surface area (Å²) < 4.78 is 41.6. The number of rotatable bonds is 5. The van der Waals surface area contributed by atoms with Crippen LogP contribution in [0.15, 0.2) is 53.6 Å². The highest BCUT2D eigenvalue weighted by molar-refractivity contribution is 7.92. The molecule has 0 radical (unpaired) electrons. The first-order valence-corrected chi connectivity index (χ1v) is 10.4. The number of nitrogens with zero attached hydrogens (tertiary/aromatic N) is 1. The first-order valence-electron chi connectivity index (χ1n) is 8.96. The van der Waals surface area contributed by atoms with Crippen molar-refractivity contribution in [1.82, 2.24) is 15.2 Å². The van der Waals surface area contributed by atoms with Gasteiger partial charge in [0.25, 0.3) is 15.9 Å². The molecule has 0 aliphatic rings. The largest absolute Gasteiger partial charge is 0.353 e. The van der Waals surface area contributed by atoms with Crippen molar-refractivity contribution in [2.75, 3.05) is 10.0 Å². The number of aryl methyl sites for hydroxylation is 1. The summed E-state index contributed by atoms with van der Waals surface area (Å²) in [6.45, 7) is 3.13. The van der Waals surface area contributed by atoms with E-state index in [-0.39, 0.29) is 16.2 Å². The molecule has 4 aromatic rings. The standard InChI is InChI=1S/C20H18FN5O3S/c1-11-18(20(27)24-15-7-4-14(21)5-8-15)23-12(2)19(11)30(28,29)26-16-6-3-13-10-22-25-17(13)9-16/h3-10,23,26H,1-2H3,(H,22,25)(H,24,27). The van der Waals surface area contributed by atoms with Crippen LogP contribution in [0.5, 0.6) is 0 Å². The Balaban J connectivity index is 1.62. The van der Waals surface area contributed by atoms with Gasteiger partial charge in [0.15, 0.2) is 0 Å². The molecule has 0 saturated carbocycles. The summed E-state index contributed by atoms with van der Waals surface area (Å²) in [4.78, 5) is 15.5. The first kappa shape index (κ1) is 19.6. The lowest BCUT2D eigenvalue weighted by molar-refractivity contribution is 0.102. The van der Waals surface area contributed by atoms with Crippen molar-refractivity contribution in [2.45, 2.75) is 18.7 Å². The van der Waals surface area contributed by atoms with Crippen molar-refractivity contribution in [1.29, 1.82) is 0 Å². The summed E-state index contributed by atoms with van der Waals surface area (Å²) in [5, 5.41) is 10.2. The predicted molar refractivity (Wildman–Crippen MR) is 112 cm³/mol. The molecule has 0 fully saturated rings. The van der Waals surface area contributed by atoms with E-state index in [1.54, 1.807) is 38.2 Å². The fraction of sp³-hybridized carbons (Fsp3) is 0.100. The van der Waals surface area contributed by atoms with E-state index in [1.807, 2.05) is 0 Å². The molecule has 2 aromatic carbocycles. The average Bonchev–Trinajstić information content (AvgIpc) is 3.26. The number of H-pyrrole nitrogens is 2. The number of benzene rings is 2. The van der Waals surface area contributed by atoms with Gasteiger partial charge < -0.3 is 10.3 Å². The van der Waals surface area contributed by atoms with E-state index in [0.29, 0.717) is 22.6 Å². The molecule has 4 rings (SSSR count). The monoisotopic (exact) mass is 427 g/mol. The number of hydrogen-bond donors (Lipinski definition) is 4. The molecule has 0 unspecified atom stereocenters. The number of aromatic amines is 2. The van der Waals surface area contributed by atoms with Gasteiger partial charge in [-0.3, -0.25) is 14.6 Å². The Kier molecular flexibility index (Phi) is 4.78. The maximum absolute atomic E-state index is 13.0. The summed E-state index contributed by atoms with van der Waals surface area (Å²) in [5.41, 5.74) is 2.17. The van der Waals surface area contributed by atoms with E-state index in [4.69, 9.17) is 0 Å².